The van der Waals surface area contributed by atoms with Crippen molar-refractivity contribution in [2.24, 2.45) is 0 Å². The van der Waals surface area contributed by atoms with Gasteiger partial charge >= 0.3 is 0 Å². The van der Waals surface area contributed by atoms with Crippen molar-refractivity contribution < 1.29 is 9.47 Å². The Labute approximate surface area is 94.9 Å². The van der Waals surface area contributed by atoms with Crippen LogP contribution < -0.4 is 10.5 Å². The van der Waals surface area contributed by atoms with E-state index in [1.807, 2.05) is 13.0 Å². The summed E-state index contributed by atoms with van der Waals surface area (Å²) in [7, 11) is 0. The molecule has 0 aromatic heterocycles. The van der Waals surface area contributed by atoms with Gasteiger partial charge in [0.25, 0.3) is 0 Å². The SMILES string of the molecule is Cc1cc(C=N)c(N)cc1OC1CCOC1. The van der Waals surface area contributed by atoms with Gasteiger partial charge in [0.2, 0.25) is 0 Å². The molecule has 0 saturated carbocycles. The highest BCUT2D eigenvalue weighted by Gasteiger charge is 2.18. The van der Waals surface area contributed by atoms with Gasteiger partial charge in [0.1, 0.15) is 11.9 Å². The Hall–Kier alpha value is -1.55. The van der Waals surface area contributed by atoms with Crippen molar-refractivity contribution in [1.82, 2.24) is 0 Å². The van der Waals surface area contributed by atoms with Gasteiger partial charge in [-0.1, -0.05) is 0 Å². The van der Waals surface area contributed by atoms with Crippen molar-refractivity contribution in [2.45, 2.75) is 19.4 Å². The maximum Gasteiger partial charge on any atom is 0.124 e. The third-order valence-corrected chi connectivity index (χ3v) is 2.72. The number of nitrogens with one attached hydrogen (secondary N) is 1. The quantitative estimate of drug-likeness (QED) is 0.602. The third kappa shape index (κ3) is 2.17. The number of nitrogens with two attached hydrogens (primary N) is 1. The summed E-state index contributed by atoms with van der Waals surface area (Å²) in [5.74, 6) is 0.790. The zero-order valence-corrected chi connectivity index (χ0v) is 9.32. The van der Waals surface area contributed by atoms with Crippen LogP contribution in [-0.4, -0.2) is 25.5 Å². The summed E-state index contributed by atoms with van der Waals surface area (Å²) in [4.78, 5) is 0. The molecule has 4 nitrogen and oxygen atoms in total. The minimum absolute atomic E-state index is 0.129. The lowest BCUT2D eigenvalue weighted by molar-refractivity contribution is 0.141. The van der Waals surface area contributed by atoms with E-state index in [1.54, 1.807) is 6.07 Å². The largest absolute Gasteiger partial charge is 0.488 e. The van der Waals surface area contributed by atoms with E-state index in [4.69, 9.17) is 20.6 Å². The number of benzene rings is 1. The summed E-state index contributed by atoms with van der Waals surface area (Å²) >= 11 is 0. The van der Waals surface area contributed by atoms with Gasteiger partial charge in [-0.05, 0) is 18.6 Å². The molecule has 0 spiro atoms. The fourth-order valence-corrected chi connectivity index (χ4v) is 1.76. The van der Waals surface area contributed by atoms with Gasteiger partial charge in [-0.15, -0.1) is 0 Å². The maximum atomic E-state index is 7.21. The van der Waals surface area contributed by atoms with Crippen LogP contribution in [0.1, 0.15) is 17.5 Å². The fourth-order valence-electron chi connectivity index (χ4n) is 1.76. The summed E-state index contributed by atoms with van der Waals surface area (Å²) in [6.07, 6.45) is 2.31. The second kappa shape index (κ2) is 4.53. The number of hydrogen-bond donors (Lipinski definition) is 2. The molecule has 1 aliphatic rings. The Morgan fingerprint density at radius 2 is 2.38 bits per heavy atom. The molecule has 0 bridgehead atoms. The van der Waals surface area contributed by atoms with Crippen molar-refractivity contribution in [1.29, 1.82) is 5.41 Å². The lowest BCUT2D eigenvalue weighted by atomic mass is 10.1. The van der Waals surface area contributed by atoms with Crippen LogP contribution in [0.25, 0.3) is 0 Å². The van der Waals surface area contributed by atoms with Crippen LogP contribution in [0.2, 0.25) is 0 Å². The first kappa shape index (κ1) is 11.0. The van der Waals surface area contributed by atoms with E-state index in [2.05, 4.69) is 0 Å². The Kier molecular flexibility index (Phi) is 3.10. The van der Waals surface area contributed by atoms with Crippen LogP contribution in [0.4, 0.5) is 5.69 Å². The summed E-state index contributed by atoms with van der Waals surface area (Å²) < 4.78 is 11.1. The molecule has 0 radical (unpaired) electrons. The highest BCUT2D eigenvalue weighted by Crippen LogP contribution is 2.26. The first-order valence-corrected chi connectivity index (χ1v) is 5.35. The number of rotatable bonds is 3. The summed E-state index contributed by atoms with van der Waals surface area (Å²) in [5.41, 5.74) is 8.12. The minimum Gasteiger partial charge on any atom is -0.488 e. The highest BCUT2D eigenvalue weighted by atomic mass is 16.5. The maximum absolute atomic E-state index is 7.21. The van der Waals surface area contributed by atoms with E-state index in [0.29, 0.717) is 12.3 Å². The number of ether oxygens (including phenoxy) is 2. The topological polar surface area (TPSA) is 68.3 Å². The van der Waals surface area contributed by atoms with Gasteiger partial charge < -0.3 is 20.6 Å². The minimum atomic E-state index is 0.129. The van der Waals surface area contributed by atoms with Crippen molar-refractivity contribution in [3.63, 3.8) is 0 Å². The van der Waals surface area contributed by atoms with E-state index in [9.17, 15) is 0 Å². The zero-order chi connectivity index (χ0) is 11.5. The zero-order valence-electron chi connectivity index (χ0n) is 9.32. The molecule has 1 aromatic carbocycles. The summed E-state index contributed by atoms with van der Waals surface area (Å²) in [6, 6.07) is 3.65. The number of hydrogen-bond acceptors (Lipinski definition) is 4. The van der Waals surface area contributed by atoms with Crippen LogP contribution in [0.3, 0.4) is 0 Å². The van der Waals surface area contributed by atoms with Gasteiger partial charge in [-0.2, -0.15) is 0 Å². The van der Waals surface area contributed by atoms with Crippen LogP contribution in [0, 0.1) is 12.3 Å². The van der Waals surface area contributed by atoms with Crippen LogP contribution in [0.15, 0.2) is 12.1 Å². The van der Waals surface area contributed by atoms with E-state index < -0.39 is 0 Å². The van der Waals surface area contributed by atoms with Gasteiger partial charge in [-0.25, -0.2) is 0 Å². The Bertz CT molecular complexity index is 398. The molecule has 1 heterocycles. The molecule has 86 valence electrons. The van der Waals surface area contributed by atoms with E-state index in [1.165, 1.54) is 6.21 Å². The Morgan fingerprint density at radius 1 is 1.56 bits per heavy atom. The molecule has 16 heavy (non-hydrogen) atoms. The second-order valence-corrected chi connectivity index (χ2v) is 3.99. The van der Waals surface area contributed by atoms with Crippen molar-refractivity contribution in [2.75, 3.05) is 18.9 Å². The first-order chi connectivity index (χ1) is 7.70. The predicted molar refractivity (Wildman–Crippen MR) is 63.3 cm³/mol. The monoisotopic (exact) mass is 220 g/mol. The molecular formula is C12H16N2O2. The molecule has 4 heteroatoms. The lowest BCUT2D eigenvalue weighted by Crippen LogP contribution is -2.16. The molecule has 0 aliphatic carbocycles. The van der Waals surface area contributed by atoms with Crippen LogP contribution >= 0.6 is 0 Å². The average molecular weight is 220 g/mol. The van der Waals surface area contributed by atoms with Crippen molar-refractivity contribution in [3.8, 4) is 5.75 Å². The van der Waals surface area contributed by atoms with Crippen LogP contribution in [-0.2, 0) is 4.74 Å². The third-order valence-electron chi connectivity index (χ3n) is 2.72. The molecule has 1 saturated heterocycles. The molecule has 1 aromatic rings. The molecule has 2 rings (SSSR count). The average Bonchev–Trinajstić information content (AvgIpc) is 2.75. The first-order valence-electron chi connectivity index (χ1n) is 5.35. The molecule has 1 atom stereocenters. The Balaban J connectivity index is 2.20. The smallest absolute Gasteiger partial charge is 0.124 e. The number of anilines is 1. The van der Waals surface area contributed by atoms with E-state index >= 15 is 0 Å². The normalized spacial score (nSPS) is 19.7. The standard InChI is InChI=1S/C12H16N2O2/c1-8-4-9(6-13)11(14)5-12(8)16-10-2-3-15-7-10/h4-6,10,13H,2-3,7,14H2,1H3. The van der Waals surface area contributed by atoms with Crippen molar-refractivity contribution in [3.05, 3.63) is 23.3 Å². The van der Waals surface area contributed by atoms with E-state index in [-0.39, 0.29) is 6.10 Å². The molecule has 1 fully saturated rings. The second-order valence-electron chi connectivity index (χ2n) is 3.99. The lowest BCUT2D eigenvalue weighted by Gasteiger charge is -2.15. The molecule has 1 unspecified atom stereocenters. The molecule has 3 N–H and O–H groups in total. The van der Waals surface area contributed by atoms with Crippen molar-refractivity contribution >= 4 is 11.9 Å². The van der Waals surface area contributed by atoms with Gasteiger partial charge in [0.05, 0.1) is 13.2 Å². The van der Waals surface area contributed by atoms with Crippen LogP contribution in [0.5, 0.6) is 5.75 Å². The summed E-state index contributed by atoms with van der Waals surface area (Å²) in [5, 5.41) is 7.21. The summed E-state index contributed by atoms with van der Waals surface area (Å²) in [6.45, 7) is 3.36. The van der Waals surface area contributed by atoms with Gasteiger partial charge in [0, 0.05) is 30.0 Å². The number of aryl methyl sites for hydroxylation is 1. The van der Waals surface area contributed by atoms with Gasteiger partial charge in [0.15, 0.2) is 0 Å². The van der Waals surface area contributed by atoms with E-state index in [0.717, 1.165) is 29.9 Å². The van der Waals surface area contributed by atoms with Gasteiger partial charge in [-0.3, -0.25) is 0 Å². The molecular weight excluding hydrogens is 204 g/mol. The number of nitrogen functional groups attached to an aromatic ring is 1. The molecule has 0 amide bonds. The predicted octanol–water partition coefficient (Wildman–Crippen LogP) is 1.74. The Morgan fingerprint density at radius 3 is 3.00 bits per heavy atom. The fraction of sp³-hybridized carbons (Fsp3) is 0.417. The molecule has 1 aliphatic heterocycles. The highest BCUT2D eigenvalue weighted by molar-refractivity contribution is 5.85.